The molecule has 0 aliphatic carbocycles. The molecule has 0 unspecified atom stereocenters. The van der Waals surface area contributed by atoms with E-state index in [-0.39, 0.29) is 33.1 Å². The molecule has 0 saturated carbocycles. The normalized spacial score (nSPS) is 12.0. The summed E-state index contributed by atoms with van der Waals surface area (Å²) in [5.74, 6) is -0.926. The fourth-order valence-electron chi connectivity index (χ4n) is 3.84. The van der Waals surface area contributed by atoms with Crippen LogP contribution >= 0.6 is 34.8 Å². The van der Waals surface area contributed by atoms with Crippen molar-refractivity contribution in [3.63, 3.8) is 0 Å². The summed E-state index contributed by atoms with van der Waals surface area (Å²) < 4.78 is 28.5. The highest BCUT2D eigenvalue weighted by atomic mass is 35.5. The van der Waals surface area contributed by atoms with Gasteiger partial charge in [0.25, 0.3) is 10.0 Å². The first kappa shape index (κ1) is 30.8. The Morgan fingerprint density at radius 1 is 0.923 bits per heavy atom. The van der Waals surface area contributed by atoms with Gasteiger partial charge >= 0.3 is 0 Å². The molecule has 0 bridgehead atoms. The molecule has 39 heavy (non-hydrogen) atoms. The summed E-state index contributed by atoms with van der Waals surface area (Å²) in [6.07, 6.45) is 1.69. The van der Waals surface area contributed by atoms with Gasteiger partial charge in [0.2, 0.25) is 11.8 Å². The Morgan fingerprint density at radius 3 is 2.28 bits per heavy atom. The van der Waals surface area contributed by atoms with Gasteiger partial charge in [-0.3, -0.25) is 13.9 Å². The van der Waals surface area contributed by atoms with E-state index in [1.807, 2.05) is 6.92 Å². The van der Waals surface area contributed by atoms with E-state index in [9.17, 15) is 18.0 Å². The van der Waals surface area contributed by atoms with Crippen molar-refractivity contribution in [2.75, 3.05) is 17.4 Å². The number of unbranched alkanes of at least 4 members (excludes halogenated alkanes) is 1. The summed E-state index contributed by atoms with van der Waals surface area (Å²) in [5.41, 5.74) is 0.848. The van der Waals surface area contributed by atoms with Gasteiger partial charge < -0.3 is 10.2 Å². The van der Waals surface area contributed by atoms with Gasteiger partial charge in [-0.05, 0) is 61.4 Å². The highest BCUT2D eigenvalue weighted by molar-refractivity contribution is 7.92. The number of hydrogen-bond acceptors (Lipinski definition) is 4. The van der Waals surface area contributed by atoms with E-state index >= 15 is 0 Å². The van der Waals surface area contributed by atoms with Gasteiger partial charge in [-0.1, -0.05) is 78.5 Å². The van der Waals surface area contributed by atoms with Gasteiger partial charge in [-0.25, -0.2) is 8.42 Å². The molecule has 3 aromatic carbocycles. The number of halogens is 3. The molecule has 0 heterocycles. The van der Waals surface area contributed by atoms with E-state index in [1.165, 1.54) is 35.2 Å². The summed E-state index contributed by atoms with van der Waals surface area (Å²) in [7, 11) is -4.19. The predicted molar refractivity (Wildman–Crippen MR) is 157 cm³/mol. The molecule has 0 aliphatic heterocycles. The largest absolute Gasteiger partial charge is 0.354 e. The van der Waals surface area contributed by atoms with Crippen LogP contribution in [0.2, 0.25) is 15.1 Å². The highest BCUT2D eigenvalue weighted by Gasteiger charge is 2.32. The molecule has 1 N–H and O–H groups in total. The Kier molecular flexibility index (Phi) is 11.1. The zero-order chi connectivity index (χ0) is 28.6. The van der Waals surface area contributed by atoms with Gasteiger partial charge in [0.15, 0.2) is 0 Å². The van der Waals surface area contributed by atoms with Crippen molar-refractivity contribution in [2.24, 2.45) is 0 Å². The van der Waals surface area contributed by atoms with Crippen LogP contribution in [-0.4, -0.2) is 44.3 Å². The van der Waals surface area contributed by atoms with Gasteiger partial charge in [0.05, 0.1) is 20.6 Å². The number of carbonyl (C=O) groups excluding carboxylic acids is 2. The van der Waals surface area contributed by atoms with Crippen LogP contribution in [0.15, 0.2) is 77.7 Å². The van der Waals surface area contributed by atoms with Crippen molar-refractivity contribution in [1.29, 1.82) is 0 Å². The van der Waals surface area contributed by atoms with E-state index in [0.29, 0.717) is 17.1 Å². The van der Waals surface area contributed by atoms with Crippen LogP contribution in [0.5, 0.6) is 0 Å². The number of nitrogens with zero attached hydrogens (tertiary/aromatic N) is 2. The minimum atomic E-state index is -4.19. The third kappa shape index (κ3) is 8.11. The van der Waals surface area contributed by atoms with Crippen LogP contribution < -0.4 is 9.62 Å². The van der Waals surface area contributed by atoms with Crippen molar-refractivity contribution < 1.29 is 18.0 Å². The Labute approximate surface area is 244 Å². The second kappa shape index (κ2) is 14.0. The van der Waals surface area contributed by atoms with Gasteiger partial charge in [-0.15, -0.1) is 0 Å². The molecule has 3 aromatic rings. The van der Waals surface area contributed by atoms with Crippen LogP contribution in [0.3, 0.4) is 0 Å². The SMILES string of the molecule is CCCCNC(=O)[C@@H](C)N(Cc1cccc(Cl)c1)C(=O)CN(c1ccc(Cl)c(Cl)c1)S(=O)(=O)c1ccccc1. The summed E-state index contributed by atoms with van der Waals surface area (Å²) in [6, 6.07) is 18.1. The number of nitrogens with one attached hydrogen (secondary N) is 1. The number of anilines is 1. The third-order valence-corrected chi connectivity index (χ3v) is 8.80. The topological polar surface area (TPSA) is 86.8 Å². The number of hydrogen-bond donors (Lipinski definition) is 1. The highest BCUT2D eigenvalue weighted by Crippen LogP contribution is 2.31. The molecule has 11 heteroatoms. The minimum Gasteiger partial charge on any atom is -0.354 e. The van der Waals surface area contributed by atoms with Crippen molar-refractivity contribution in [3.05, 3.63) is 93.4 Å². The lowest BCUT2D eigenvalue weighted by Crippen LogP contribution is -2.51. The predicted octanol–water partition coefficient (Wildman–Crippen LogP) is 6.18. The number of rotatable bonds is 12. The summed E-state index contributed by atoms with van der Waals surface area (Å²) >= 11 is 18.4. The van der Waals surface area contributed by atoms with Crippen molar-refractivity contribution in [1.82, 2.24) is 10.2 Å². The fraction of sp³-hybridized carbons (Fsp3) is 0.286. The van der Waals surface area contributed by atoms with Crippen LogP contribution in [0, 0.1) is 0 Å². The van der Waals surface area contributed by atoms with Gasteiger partial charge in [-0.2, -0.15) is 0 Å². The van der Waals surface area contributed by atoms with E-state index in [2.05, 4.69) is 5.32 Å². The first-order valence-electron chi connectivity index (χ1n) is 12.4. The van der Waals surface area contributed by atoms with Crippen molar-refractivity contribution in [3.8, 4) is 0 Å². The van der Waals surface area contributed by atoms with Crippen molar-refractivity contribution >= 4 is 62.3 Å². The average molecular weight is 611 g/mol. The maximum absolute atomic E-state index is 13.9. The zero-order valence-corrected chi connectivity index (χ0v) is 24.7. The van der Waals surface area contributed by atoms with E-state index in [4.69, 9.17) is 34.8 Å². The van der Waals surface area contributed by atoms with Crippen LogP contribution in [-0.2, 0) is 26.2 Å². The molecule has 0 fully saturated rings. The summed E-state index contributed by atoms with van der Waals surface area (Å²) in [5, 5.41) is 3.70. The third-order valence-electron chi connectivity index (χ3n) is 6.04. The van der Waals surface area contributed by atoms with Crippen molar-refractivity contribution in [2.45, 2.75) is 44.2 Å². The smallest absolute Gasteiger partial charge is 0.264 e. The van der Waals surface area contributed by atoms with E-state index in [0.717, 1.165) is 17.1 Å². The van der Waals surface area contributed by atoms with Crippen LogP contribution in [0.25, 0.3) is 0 Å². The monoisotopic (exact) mass is 609 g/mol. The number of benzene rings is 3. The Morgan fingerprint density at radius 2 is 1.64 bits per heavy atom. The molecule has 0 aliphatic rings. The Hall–Kier alpha value is -2.78. The van der Waals surface area contributed by atoms with E-state index in [1.54, 1.807) is 49.4 Å². The zero-order valence-electron chi connectivity index (χ0n) is 21.6. The number of carbonyl (C=O) groups is 2. The summed E-state index contributed by atoms with van der Waals surface area (Å²) in [4.78, 5) is 28.2. The fourth-order valence-corrected chi connectivity index (χ4v) is 5.77. The second-order valence-electron chi connectivity index (χ2n) is 8.90. The molecule has 7 nitrogen and oxygen atoms in total. The standard InChI is InChI=1S/C28H30Cl3N3O4S/c1-3-4-15-32-28(36)20(2)33(18-21-9-8-10-22(29)16-21)27(35)19-34(23-13-14-25(30)26(31)17-23)39(37,38)24-11-6-5-7-12-24/h5-14,16-17,20H,3-4,15,18-19H2,1-2H3,(H,32,36)/t20-/m1/s1. The Bertz CT molecular complexity index is 1400. The quantitative estimate of drug-likeness (QED) is 0.248. The first-order valence-corrected chi connectivity index (χ1v) is 15.0. The summed E-state index contributed by atoms with van der Waals surface area (Å²) in [6.45, 7) is 3.55. The lowest BCUT2D eigenvalue weighted by Gasteiger charge is -2.32. The van der Waals surface area contributed by atoms with Crippen LogP contribution in [0.4, 0.5) is 5.69 Å². The van der Waals surface area contributed by atoms with Gasteiger partial charge in [0, 0.05) is 18.1 Å². The minimum absolute atomic E-state index is 0.00405. The molecule has 3 rings (SSSR count). The first-order chi connectivity index (χ1) is 18.5. The van der Waals surface area contributed by atoms with E-state index < -0.39 is 28.5 Å². The molecular formula is C28H30Cl3N3O4S. The number of sulfonamides is 1. The molecule has 0 saturated heterocycles. The molecular weight excluding hydrogens is 581 g/mol. The molecule has 0 aromatic heterocycles. The van der Waals surface area contributed by atoms with Gasteiger partial charge in [0.1, 0.15) is 12.6 Å². The molecule has 208 valence electrons. The maximum Gasteiger partial charge on any atom is 0.264 e. The molecule has 0 radical (unpaired) electrons. The number of amides is 2. The Balaban J connectivity index is 2.01. The lowest BCUT2D eigenvalue weighted by atomic mass is 10.1. The molecule has 0 spiro atoms. The second-order valence-corrected chi connectivity index (χ2v) is 12.0. The molecule has 1 atom stereocenters. The molecule has 2 amide bonds. The lowest BCUT2D eigenvalue weighted by molar-refractivity contribution is -0.139. The average Bonchev–Trinajstić information content (AvgIpc) is 2.92. The van der Waals surface area contributed by atoms with Crippen LogP contribution in [0.1, 0.15) is 32.3 Å². The maximum atomic E-state index is 13.9.